The number of rotatable bonds is 8. The third-order valence-electron chi connectivity index (χ3n) is 7.54. The average molecular weight is 560 g/mol. The number of carbonyl (C=O) groups is 1. The predicted octanol–water partition coefficient (Wildman–Crippen LogP) is 5.11. The van der Waals surface area contributed by atoms with Crippen molar-refractivity contribution in [1.29, 1.82) is 0 Å². The lowest BCUT2D eigenvalue weighted by Gasteiger charge is -2.25. The van der Waals surface area contributed by atoms with Gasteiger partial charge in [0.05, 0.1) is 24.0 Å². The summed E-state index contributed by atoms with van der Waals surface area (Å²) in [6.07, 6.45) is 0.108. The van der Waals surface area contributed by atoms with Crippen molar-refractivity contribution in [3.05, 3.63) is 82.9 Å². The van der Waals surface area contributed by atoms with Crippen LogP contribution < -0.4 is 15.2 Å². The highest BCUT2D eigenvalue weighted by atomic mass is 19.1. The Bertz CT molecular complexity index is 1640. The number of methoxy groups -OCH3 is 1. The maximum absolute atomic E-state index is 13.6. The summed E-state index contributed by atoms with van der Waals surface area (Å²) in [5.74, 6) is 0.344. The van der Waals surface area contributed by atoms with Gasteiger partial charge in [-0.2, -0.15) is 0 Å². The minimum Gasteiger partial charge on any atom is -0.494 e. The molecule has 3 heterocycles. The maximum atomic E-state index is 13.6. The molecule has 0 fully saturated rings. The Kier molecular flexibility index (Phi) is 7.09. The van der Waals surface area contributed by atoms with Crippen LogP contribution in [-0.4, -0.2) is 39.7 Å². The molecule has 5 rings (SSSR count). The van der Waals surface area contributed by atoms with Crippen LogP contribution >= 0.6 is 0 Å². The number of hydrogen-bond donors (Lipinski definition) is 3. The van der Waals surface area contributed by atoms with E-state index in [1.54, 1.807) is 63.2 Å². The fourth-order valence-electron chi connectivity index (χ4n) is 4.97. The van der Waals surface area contributed by atoms with Crippen molar-refractivity contribution < 1.29 is 28.9 Å². The fraction of sp³-hybridized carbons (Fsp3) is 0.344. The van der Waals surface area contributed by atoms with Gasteiger partial charge >= 0.3 is 0 Å². The second kappa shape index (κ2) is 10.2. The summed E-state index contributed by atoms with van der Waals surface area (Å²) in [6.45, 7) is 6.98. The number of benzene rings is 2. The number of aliphatic hydroxyl groups is 2. The number of nitrogens with two attached hydrogens (primary N) is 1. The van der Waals surface area contributed by atoms with Gasteiger partial charge in [-0.15, -0.1) is 0 Å². The molecule has 4 aromatic rings. The molecule has 0 saturated carbocycles. The average Bonchev–Trinajstić information content (AvgIpc) is 3.24. The van der Waals surface area contributed by atoms with Gasteiger partial charge in [0, 0.05) is 28.5 Å². The van der Waals surface area contributed by atoms with Gasteiger partial charge < -0.3 is 25.4 Å². The number of aromatic nitrogens is 2. The summed E-state index contributed by atoms with van der Waals surface area (Å²) in [5.41, 5.74) is 6.62. The van der Waals surface area contributed by atoms with Gasteiger partial charge in [0.1, 0.15) is 40.6 Å². The smallest absolute Gasteiger partial charge is 0.163 e. The van der Waals surface area contributed by atoms with E-state index >= 15 is 0 Å². The van der Waals surface area contributed by atoms with Gasteiger partial charge in [-0.3, -0.25) is 4.79 Å². The lowest BCUT2D eigenvalue weighted by atomic mass is 9.88. The van der Waals surface area contributed by atoms with E-state index in [1.165, 1.54) is 19.2 Å². The van der Waals surface area contributed by atoms with Crippen LogP contribution in [0.1, 0.15) is 67.8 Å². The van der Waals surface area contributed by atoms with E-state index in [1.807, 2.05) is 6.92 Å². The number of halogens is 1. The summed E-state index contributed by atoms with van der Waals surface area (Å²) < 4.78 is 25.0. The third kappa shape index (κ3) is 5.53. The van der Waals surface area contributed by atoms with Crippen molar-refractivity contribution in [2.45, 2.75) is 57.3 Å². The summed E-state index contributed by atoms with van der Waals surface area (Å²) in [5, 5.41) is 22.6. The summed E-state index contributed by atoms with van der Waals surface area (Å²) in [6, 6.07) is 14.5. The molecule has 0 spiro atoms. The molecule has 8 nitrogen and oxygen atoms in total. The number of ketones is 1. The predicted molar refractivity (Wildman–Crippen MR) is 153 cm³/mol. The second-order valence-corrected chi connectivity index (χ2v) is 11.6. The lowest BCUT2D eigenvalue weighted by Crippen LogP contribution is -2.35. The highest BCUT2D eigenvalue weighted by Gasteiger charge is 2.38. The molecular weight excluding hydrogens is 525 g/mol. The molecule has 214 valence electrons. The van der Waals surface area contributed by atoms with Crippen molar-refractivity contribution in [2.75, 3.05) is 13.7 Å². The van der Waals surface area contributed by atoms with Crippen LogP contribution in [0.25, 0.3) is 22.2 Å². The van der Waals surface area contributed by atoms with Gasteiger partial charge in [-0.05, 0) is 82.6 Å². The van der Waals surface area contributed by atoms with E-state index in [9.17, 15) is 19.4 Å². The first-order chi connectivity index (χ1) is 19.2. The van der Waals surface area contributed by atoms with E-state index in [4.69, 9.17) is 20.2 Å². The molecule has 4 N–H and O–H groups in total. The normalized spacial score (nSPS) is 18.1. The highest BCUT2D eigenvalue weighted by Crippen LogP contribution is 2.44. The van der Waals surface area contributed by atoms with Crippen LogP contribution in [0.5, 0.6) is 11.5 Å². The van der Waals surface area contributed by atoms with Crippen molar-refractivity contribution in [3.8, 4) is 22.8 Å². The summed E-state index contributed by atoms with van der Waals surface area (Å²) >= 11 is 0. The summed E-state index contributed by atoms with van der Waals surface area (Å²) in [7, 11) is 1.50. The molecule has 41 heavy (non-hydrogen) atoms. The number of pyridine rings is 2. The molecule has 0 unspecified atom stereocenters. The first-order valence-corrected chi connectivity index (χ1v) is 13.4. The largest absolute Gasteiger partial charge is 0.494 e. The first-order valence-electron chi connectivity index (χ1n) is 13.4. The van der Waals surface area contributed by atoms with Crippen molar-refractivity contribution in [2.24, 2.45) is 5.73 Å². The Hall–Kier alpha value is -3.92. The monoisotopic (exact) mass is 559 g/mol. The third-order valence-corrected chi connectivity index (χ3v) is 7.54. The zero-order valence-electron chi connectivity index (χ0n) is 23.8. The number of nitrogens with zero attached hydrogens (tertiary/aromatic N) is 2. The van der Waals surface area contributed by atoms with Crippen molar-refractivity contribution in [1.82, 2.24) is 9.97 Å². The van der Waals surface area contributed by atoms with E-state index in [0.717, 1.165) is 0 Å². The van der Waals surface area contributed by atoms with Gasteiger partial charge in [-0.25, -0.2) is 14.4 Å². The highest BCUT2D eigenvalue weighted by molar-refractivity contribution is 6.01. The Morgan fingerprint density at radius 3 is 2.44 bits per heavy atom. The van der Waals surface area contributed by atoms with Crippen LogP contribution in [0.4, 0.5) is 4.39 Å². The van der Waals surface area contributed by atoms with Crippen LogP contribution in [0.3, 0.4) is 0 Å². The van der Waals surface area contributed by atoms with E-state index in [-0.39, 0.29) is 31.0 Å². The molecule has 0 amide bonds. The number of carbonyl (C=O) groups excluding carboxylic acids is 1. The van der Waals surface area contributed by atoms with Crippen LogP contribution in [0.2, 0.25) is 0 Å². The second-order valence-electron chi connectivity index (χ2n) is 11.6. The zero-order chi connectivity index (χ0) is 29.7. The maximum Gasteiger partial charge on any atom is 0.163 e. The van der Waals surface area contributed by atoms with Gasteiger partial charge in [-0.1, -0.05) is 6.07 Å². The van der Waals surface area contributed by atoms with E-state index < -0.39 is 16.7 Å². The first kappa shape index (κ1) is 28.6. The number of Topliss-reactive ketones (excluding diaryl/α,β-unsaturated/α-hetero) is 1. The molecule has 0 aliphatic carbocycles. The Labute approximate surface area is 238 Å². The van der Waals surface area contributed by atoms with E-state index in [2.05, 4.69) is 4.98 Å². The molecule has 9 heteroatoms. The Morgan fingerprint density at radius 1 is 1.07 bits per heavy atom. The molecule has 2 aromatic carbocycles. The number of ether oxygens (including phenoxy) is 2. The molecule has 2 atom stereocenters. The van der Waals surface area contributed by atoms with Crippen LogP contribution in [0, 0.1) is 5.82 Å². The molecule has 0 radical (unpaired) electrons. The fourth-order valence-corrected chi connectivity index (χ4v) is 4.97. The minimum absolute atomic E-state index is 0.0257. The lowest BCUT2D eigenvalue weighted by molar-refractivity contribution is 0.0396. The van der Waals surface area contributed by atoms with Gasteiger partial charge in [0.2, 0.25) is 0 Å². The molecule has 0 bridgehead atoms. The molecular formula is C32H34FN3O5. The van der Waals surface area contributed by atoms with Gasteiger partial charge in [0.25, 0.3) is 0 Å². The molecule has 2 aromatic heterocycles. The van der Waals surface area contributed by atoms with E-state index in [0.29, 0.717) is 56.2 Å². The molecule has 1 aliphatic heterocycles. The standard InChI is InChI=1S/C32H34FN3O5/c1-30(2,38)25-11-8-19-14-20(15-24(40-5)27(19)35-25)23(37)12-13-32(4,39)26-16-22-29(41-17-31(22,3)34)28(36-26)18-6-9-21(33)10-7-18/h6-11,14-16,38-39H,12-13,17,34H2,1-5H3/t31-,32-/m1/s1. The zero-order valence-corrected chi connectivity index (χ0v) is 23.8. The Morgan fingerprint density at radius 2 is 1.78 bits per heavy atom. The van der Waals surface area contributed by atoms with Crippen LogP contribution in [-0.2, 0) is 16.7 Å². The quantitative estimate of drug-likeness (QED) is 0.254. The van der Waals surface area contributed by atoms with Crippen molar-refractivity contribution in [3.63, 3.8) is 0 Å². The SMILES string of the molecule is COc1cc(C(=O)CC[C@@](C)(O)c2cc3c(c(-c4ccc(F)cc4)n2)OC[C@@]3(C)N)cc2ccc(C(C)(C)O)nc12. The van der Waals surface area contributed by atoms with Crippen LogP contribution in [0.15, 0.2) is 54.6 Å². The molecule has 1 aliphatic rings. The number of fused-ring (bicyclic) bond motifs is 2. The minimum atomic E-state index is -1.48. The van der Waals surface area contributed by atoms with Crippen molar-refractivity contribution >= 4 is 16.7 Å². The topological polar surface area (TPSA) is 128 Å². The van der Waals surface area contributed by atoms with Gasteiger partial charge in [0.15, 0.2) is 11.5 Å². The summed E-state index contributed by atoms with van der Waals surface area (Å²) in [4.78, 5) is 22.6. The number of hydrogen-bond acceptors (Lipinski definition) is 8. The molecule has 0 saturated heterocycles. The Balaban J connectivity index is 1.45.